The highest BCUT2D eigenvalue weighted by atomic mass is 17.0. The number of carboxylic acid groups (broad SMARTS) is 1. The minimum atomic E-state index is -3.06. The number of nitrogens with one attached hydrogen (secondary N) is 2. The molecule has 0 aromatic heterocycles. The number of hydrogen-bond donors (Lipinski definition) is 17. The molecule has 3 aliphatic heterocycles. The zero-order valence-corrected chi connectivity index (χ0v) is 40.4. The molecule has 3 fully saturated rings. The highest BCUT2D eigenvalue weighted by molar-refractivity contribution is 5.76. The van der Waals surface area contributed by atoms with E-state index in [0.717, 1.165) is 21.0 Å². The first-order chi connectivity index (χ1) is 33.9. The van der Waals surface area contributed by atoms with Gasteiger partial charge in [-0.1, -0.05) is 6.92 Å². The molecule has 3 aliphatic rings. The standard InChI is InChI=1S/C41H74N2O29/c1-7-40(39(60)61,70-32(27(54)21(52)11-45)19(10-44)42-17(3)49)71-33(20(51)8-9-62-5)31(58)38(63-6)67-35-26(43-18(4)50)37(66-24(13-47)28(35)55)64-15-22(53)23(12-46)69-41(16(2)68-41)72-34-25(14-48)65-36(59)30(57)29(34)56/h16,19-38,44-48,51-59H,7-15H2,1-6H3,(H,42,49)(H,43,50)(H,60,61)/t16-,19-,20-,21-,22+,23?,24?,25?,26?,27+,28+,29+,30?,31?,32?,33-,34-,35+,36+,37+,38-,40-,41+/m0/s1. The lowest BCUT2D eigenvalue weighted by Crippen LogP contribution is -2.67. The number of amides is 2. The Hall–Kier alpha value is -2.59. The van der Waals surface area contributed by atoms with Gasteiger partial charge in [0, 0.05) is 41.1 Å². The monoisotopic (exact) mass is 1060 g/mol. The van der Waals surface area contributed by atoms with Crippen LogP contribution < -0.4 is 10.6 Å². The van der Waals surface area contributed by atoms with E-state index in [1.54, 1.807) is 0 Å². The first-order valence-corrected chi connectivity index (χ1v) is 22.8. The van der Waals surface area contributed by atoms with Crippen LogP contribution in [0, 0.1) is 0 Å². The van der Waals surface area contributed by atoms with Crippen LogP contribution in [0.5, 0.6) is 0 Å². The summed E-state index contributed by atoms with van der Waals surface area (Å²) in [4.78, 5) is 37.9. The number of rotatable bonds is 33. The number of aliphatic hydroxyl groups is 14. The van der Waals surface area contributed by atoms with E-state index >= 15 is 0 Å². The molecule has 3 heterocycles. The number of aliphatic carboxylic acids is 1. The fraction of sp³-hybridized carbons (Fsp3) is 0.927. The average Bonchev–Trinajstić information content (AvgIpc) is 3.99. The number of hydrogen-bond acceptors (Lipinski definition) is 28. The van der Waals surface area contributed by atoms with Crippen molar-refractivity contribution in [3.05, 3.63) is 0 Å². The molecule has 31 heteroatoms. The Morgan fingerprint density at radius 1 is 0.764 bits per heavy atom. The molecule has 0 aromatic carbocycles. The van der Waals surface area contributed by atoms with Gasteiger partial charge < -0.3 is 139 Å². The van der Waals surface area contributed by atoms with E-state index < -0.39 is 211 Å². The van der Waals surface area contributed by atoms with Crippen LogP contribution in [-0.4, -0.2) is 295 Å². The Labute approximate surface area is 412 Å². The summed E-state index contributed by atoms with van der Waals surface area (Å²) >= 11 is 0. The Morgan fingerprint density at radius 3 is 1.88 bits per heavy atom. The van der Waals surface area contributed by atoms with Crippen molar-refractivity contribution in [2.75, 3.05) is 60.5 Å². The SMILES string of the molecule is CC[C@](OC([C@H](CO)NC(C)=O)[C@H](O)[C@@H](O)CO)(O[C@H](C(O)[C@@H](OC)O[C@@H]1C(NC(C)=O)[C@H](OC[C@@H](O)C(CO)O[C@]2(O[C@H]3C(CO)O[C@@H](O)C(O)[C@H]3O)O[C@H]2C)OC(CO)[C@H]1O)[C@@H](O)CCOC)C(=O)O. The molecular weight excluding hydrogens is 984 g/mol. The topological polar surface area (TPSA) is 484 Å². The Morgan fingerprint density at radius 2 is 1.39 bits per heavy atom. The maximum Gasteiger partial charge on any atom is 0.364 e. The smallest absolute Gasteiger partial charge is 0.364 e. The van der Waals surface area contributed by atoms with Crippen LogP contribution in [0.4, 0.5) is 0 Å². The second-order valence-corrected chi connectivity index (χ2v) is 17.2. The van der Waals surface area contributed by atoms with Crippen molar-refractivity contribution in [2.45, 2.75) is 181 Å². The Bertz CT molecular complexity index is 1640. The molecule has 0 bridgehead atoms. The predicted molar refractivity (Wildman–Crippen MR) is 230 cm³/mol. The number of aliphatic hydroxyl groups excluding tert-OH is 14. The normalized spacial score (nSPS) is 33.8. The predicted octanol–water partition coefficient (Wildman–Crippen LogP) is -9.50. The summed E-state index contributed by atoms with van der Waals surface area (Å²) in [5, 5.41) is 164. The lowest BCUT2D eigenvalue weighted by atomic mass is 9.96. The molecule has 23 atom stereocenters. The second kappa shape index (κ2) is 29.1. The molecule has 3 rings (SSSR count). The van der Waals surface area contributed by atoms with Gasteiger partial charge in [-0.2, -0.15) is 0 Å². The van der Waals surface area contributed by atoms with E-state index in [1.165, 1.54) is 21.0 Å². The number of carbonyl (C=O) groups is 3. The van der Waals surface area contributed by atoms with E-state index in [-0.39, 0.29) is 6.61 Å². The number of ether oxygens (including phenoxy) is 11. The highest BCUT2D eigenvalue weighted by Gasteiger charge is 2.63. The summed E-state index contributed by atoms with van der Waals surface area (Å²) in [6.07, 6.45) is -36.4. The van der Waals surface area contributed by atoms with Crippen molar-refractivity contribution >= 4 is 17.8 Å². The molecule has 0 saturated carbocycles. The van der Waals surface area contributed by atoms with Crippen molar-refractivity contribution < 1.29 is 143 Å². The summed E-state index contributed by atoms with van der Waals surface area (Å²) < 4.78 is 61.7. The van der Waals surface area contributed by atoms with Gasteiger partial charge in [-0.3, -0.25) is 9.59 Å². The fourth-order valence-electron chi connectivity index (χ4n) is 7.86. The van der Waals surface area contributed by atoms with E-state index in [0.29, 0.717) is 0 Å². The van der Waals surface area contributed by atoms with Crippen LogP contribution in [0.3, 0.4) is 0 Å². The van der Waals surface area contributed by atoms with Crippen molar-refractivity contribution in [1.82, 2.24) is 10.6 Å². The molecule has 17 N–H and O–H groups in total. The number of carbonyl (C=O) groups excluding carboxylic acids is 2. The van der Waals surface area contributed by atoms with Crippen LogP contribution in [0.2, 0.25) is 0 Å². The van der Waals surface area contributed by atoms with Gasteiger partial charge in [0.2, 0.25) is 11.8 Å². The molecule has 0 aromatic rings. The molecule has 31 nitrogen and oxygen atoms in total. The van der Waals surface area contributed by atoms with Crippen molar-refractivity contribution in [2.24, 2.45) is 0 Å². The van der Waals surface area contributed by atoms with Gasteiger partial charge in [-0.15, -0.1) is 0 Å². The third-order valence-corrected chi connectivity index (χ3v) is 12.0. The first-order valence-electron chi connectivity index (χ1n) is 22.8. The van der Waals surface area contributed by atoms with Gasteiger partial charge in [0.15, 0.2) is 18.9 Å². The molecule has 422 valence electrons. The maximum atomic E-state index is 13.2. The molecule has 7 unspecified atom stereocenters. The molecular formula is C41H74N2O29. The molecule has 2 amide bonds. The van der Waals surface area contributed by atoms with E-state index in [4.69, 9.17) is 52.1 Å². The van der Waals surface area contributed by atoms with Crippen molar-refractivity contribution in [3.8, 4) is 0 Å². The van der Waals surface area contributed by atoms with Crippen LogP contribution in [0.25, 0.3) is 0 Å². The summed E-state index contributed by atoms with van der Waals surface area (Å²) in [5.41, 5.74) is 0. The maximum absolute atomic E-state index is 13.2. The van der Waals surface area contributed by atoms with Gasteiger partial charge in [-0.05, 0) is 13.3 Å². The zero-order valence-electron chi connectivity index (χ0n) is 40.4. The number of epoxide rings is 1. The van der Waals surface area contributed by atoms with Crippen LogP contribution in [0.15, 0.2) is 0 Å². The molecule has 0 aliphatic carbocycles. The van der Waals surface area contributed by atoms with E-state index in [9.17, 15) is 91.0 Å². The lowest BCUT2D eigenvalue weighted by molar-refractivity contribution is -0.353. The summed E-state index contributed by atoms with van der Waals surface area (Å²) in [7, 11) is 2.20. The summed E-state index contributed by atoms with van der Waals surface area (Å²) in [6, 6.07) is -3.34. The largest absolute Gasteiger partial charge is 0.477 e. The molecule has 72 heavy (non-hydrogen) atoms. The minimum absolute atomic E-state index is 0.245. The Kier molecular flexibility index (Phi) is 25.7. The van der Waals surface area contributed by atoms with Gasteiger partial charge in [0.1, 0.15) is 97.6 Å². The number of methoxy groups -OCH3 is 2. The van der Waals surface area contributed by atoms with Gasteiger partial charge in [0.25, 0.3) is 5.79 Å². The third-order valence-electron chi connectivity index (χ3n) is 12.0. The third kappa shape index (κ3) is 16.0. The van der Waals surface area contributed by atoms with Gasteiger partial charge >= 0.3 is 11.9 Å². The van der Waals surface area contributed by atoms with Gasteiger partial charge in [0.05, 0.1) is 51.8 Å². The zero-order chi connectivity index (χ0) is 54.4. The second-order valence-electron chi connectivity index (χ2n) is 17.2. The van der Waals surface area contributed by atoms with Crippen LogP contribution in [0.1, 0.15) is 40.5 Å². The molecule has 0 spiro atoms. The molecule has 3 saturated heterocycles. The van der Waals surface area contributed by atoms with Crippen molar-refractivity contribution in [3.63, 3.8) is 0 Å². The lowest BCUT2D eigenvalue weighted by Gasteiger charge is -2.46. The van der Waals surface area contributed by atoms with E-state index in [1.807, 2.05) is 0 Å². The highest BCUT2D eigenvalue weighted by Crippen LogP contribution is 2.43. The van der Waals surface area contributed by atoms with Crippen LogP contribution in [-0.2, 0) is 66.5 Å². The summed E-state index contributed by atoms with van der Waals surface area (Å²) in [5.74, 6) is -8.80. The quantitative estimate of drug-likeness (QED) is 0.0214. The Balaban J connectivity index is 1.97. The van der Waals surface area contributed by atoms with Crippen molar-refractivity contribution in [1.29, 1.82) is 0 Å². The molecule has 0 radical (unpaired) electrons. The first kappa shape index (κ1) is 63.7. The number of carboxylic acids is 1. The van der Waals surface area contributed by atoms with E-state index in [2.05, 4.69) is 10.6 Å². The average molecular weight is 1060 g/mol. The van der Waals surface area contributed by atoms with Gasteiger partial charge in [-0.25, -0.2) is 4.79 Å². The van der Waals surface area contributed by atoms with Crippen LogP contribution >= 0.6 is 0 Å². The summed E-state index contributed by atoms with van der Waals surface area (Å²) in [6.45, 7) is -1.34. The minimum Gasteiger partial charge on any atom is -0.477 e. The fourth-order valence-corrected chi connectivity index (χ4v) is 7.86.